The van der Waals surface area contributed by atoms with Gasteiger partial charge < -0.3 is 16.2 Å². The van der Waals surface area contributed by atoms with Crippen molar-refractivity contribution in [2.45, 2.75) is 18.6 Å². The maximum atomic E-state index is 12.3. The lowest BCUT2D eigenvalue weighted by Crippen LogP contribution is -2.37. The Balaban J connectivity index is 2.68. The Hall–Kier alpha value is -2.09. The smallest absolute Gasteiger partial charge is 0.416 e. The Morgan fingerprint density at radius 3 is 2.21 bits per heavy atom. The molecule has 104 valence electrons. The lowest BCUT2D eigenvalue weighted by molar-refractivity contribution is -0.139. The zero-order valence-electron chi connectivity index (χ0n) is 9.57. The van der Waals surface area contributed by atoms with Crippen LogP contribution < -0.4 is 11.1 Å². The second-order valence-corrected chi connectivity index (χ2v) is 3.77. The standard InChI is InChI=1S/C11H11F3N2O3/c12-11(13,14)6-1-3-7(4-2-6)16-10(19)8(15)5-9(17)18/h1-4,8H,5,15H2,(H,16,19)(H,17,18). The molecular formula is C11H11F3N2O3. The van der Waals surface area contributed by atoms with Crippen molar-refractivity contribution in [3.05, 3.63) is 29.8 Å². The first kappa shape index (κ1) is 15.0. The number of nitrogens with one attached hydrogen (secondary N) is 1. The molecule has 19 heavy (non-hydrogen) atoms. The largest absolute Gasteiger partial charge is 0.481 e. The normalized spacial score (nSPS) is 12.8. The first-order valence-electron chi connectivity index (χ1n) is 5.15. The van der Waals surface area contributed by atoms with Gasteiger partial charge in [-0.1, -0.05) is 0 Å². The van der Waals surface area contributed by atoms with E-state index in [2.05, 4.69) is 5.32 Å². The molecule has 1 aromatic rings. The van der Waals surface area contributed by atoms with Crippen molar-refractivity contribution in [2.75, 3.05) is 5.32 Å². The van der Waals surface area contributed by atoms with Gasteiger partial charge in [-0.15, -0.1) is 0 Å². The van der Waals surface area contributed by atoms with Crippen molar-refractivity contribution < 1.29 is 27.9 Å². The summed E-state index contributed by atoms with van der Waals surface area (Å²) in [4.78, 5) is 21.7. The average Bonchev–Trinajstić information content (AvgIpc) is 2.27. The van der Waals surface area contributed by atoms with E-state index in [1.165, 1.54) is 0 Å². The van der Waals surface area contributed by atoms with E-state index in [0.29, 0.717) is 0 Å². The van der Waals surface area contributed by atoms with E-state index >= 15 is 0 Å². The molecule has 0 aliphatic rings. The molecule has 0 heterocycles. The fraction of sp³-hybridized carbons (Fsp3) is 0.273. The number of carbonyl (C=O) groups excluding carboxylic acids is 1. The van der Waals surface area contributed by atoms with Crippen LogP contribution in [0.5, 0.6) is 0 Å². The van der Waals surface area contributed by atoms with Crippen molar-refractivity contribution >= 4 is 17.6 Å². The highest BCUT2D eigenvalue weighted by atomic mass is 19.4. The maximum Gasteiger partial charge on any atom is 0.416 e. The lowest BCUT2D eigenvalue weighted by Gasteiger charge is -2.11. The monoisotopic (exact) mass is 276 g/mol. The van der Waals surface area contributed by atoms with Crippen molar-refractivity contribution in [1.82, 2.24) is 0 Å². The van der Waals surface area contributed by atoms with Crippen LogP contribution in [0.25, 0.3) is 0 Å². The van der Waals surface area contributed by atoms with E-state index < -0.39 is 36.1 Å². The van der Waals surface area contributed by atoms with Crippen LogP contribution in [0.2, 0.25) is 0 Å². The molecule has 1 amide bonds. The summed E-state index contributed by atoms with van der Waals surface area (Å²) in [6, 6.07) is 2.47. The number of alkyl halides is 3. The fourth-order valence-electron chi connectivity index (χ4n) is 1.26. The molecule has 0 saturated carbocycles. The highest BCUT2D eigenvalue weighted by Gasteiger charge is 2.30. The van der Waals surface area contributed by atoms with Crippen LogP contribution in [0.3, 0.4) is 0 Å². The molecule has 0 aliphatic carbocycles. The minimum Gasteiger partial charge on any atom is -0.481 e. The number of carbonyl (C=O) groups is 2. The molecule has 5 nitrogen and oxygen atoms in total. The predicted molar refractivity (Wildman–Crippen MR) is 60.3 cm³/mol. The molecule has 8 heteroatoms. The summed E-state index contributed by atoms with van der Waals surface area (Å²) in [5.74, 6) is -2.02. The van der Waals surface area contributed by atoms with Crippen LogP contribution in [0.15, 0.2) is 24.3 Å². The number of carboxylic acids is 1. The highest BCUT2D eigenvalue weighted by Crippen LogP contribution is 2.29. The van der Waals surface area contributed by atoms with E-state index in [1.807, 2.05) is 0 Å². The molecule has 0 aliphatic heterocycles. The van der Waals surface area contributed by atoms with Crippen LogP contribution in [-0.4, -0.2) is 23.0 Å². The van der Waals surface area contributed by atoms with Gasteiger partial charge >= 0.3 is 12.1 Å². The molecule has 0 fully saturated rings. The molecule has 0 spiro atoms. The number of carboxylic acid groups (broad SMARTS) is 1. The van der Waals surface area contributed by atoms with Crippen molar-refractivity contribution in [1.29, 1.82) is 0 Å². The van der Waals surface area contributed by atoms with Crippen LogP contribution in [-0.2, 0) is 15.8 Å². The molecule has 1 rings (SSSR count). The number of aliphatic carboxylic acids is 1. The van der Waals surface area contributed by atoms with Gasteiger partial charge in [-0.2, -0.15) is 13.2 Å². The third-order valence-corrected chi connectivity index (χ3v) is 2.21. The summed E-state index contributed by atoms with van der Waals surface area (Å²) >= 11 is 0. The zero-order valence-corrected chi connectivity index (χ0v) is 9.57. The summed E-state index contributed by atoms with van der Waals surface area (Å²) in [6.45, 7) is 0. The highest BCUT2D eigenvalue weighted by molar-refractivity contribution is 5.96. The predicted octanol–water partition coefficient (Wildman–Crippen LogP) is 1.45. The van der Waals surface area contributed by atoms with E-state index in [9.17, 15) is 22.8 Å². The second kappa shape index (κ2) is 5.70. The first-order chi connectivity index (χ1) is 8.70. The second-order valence-electron chi connectivity index (χ2n) is 3.77. The molecule has 0 aromatic heterocycles. The number of hydrogen-bond acceptors (Lipinski definition) is 3. The van der Waals surface area contributed by atoms with Gasteiger partial charge in [0, 0.05) is 5.69 Å². The van der Waals surface area contributed by atoms with Gasteiger partial charge in [0.05, 0.1) is 18.0 Å². The van der Waals surface area contributed by atoms with E-state index in [1.54, 1.807) is 0 Å². The van der Waals surface area contributed by atoms with Crippen molar-refractivity contribution in [3.63, 3.8) is 0 Å². The topological polar surface area (TPSA) is 92.4 Å². The quantitative estimate of drug-likeness (QED) is 0.776. The minimum atomic E-state index is -4.46. The zero-order chi connectivity index (χ0) is 14.6. The third kappa shape index (κ3) is 4.59. The number of nitrogens with two attached hydrogens (primary N) is 1. The molecule has 1 unspecified atom stereocenters. The summed E-state index contributed by atoms with van der Waals surface area (Å²) in [5, 5.41) is 10.7. The van der Waals surface area contributed by atoms with Gasteiger partial charge in [-0.25, -0.2) is 0 Å². The Kier molecular flexibility index (Phi) is 4.49. The molecule has 1 atom stereocenters. The number of benzene rings is 1. The summed E-state index contributed by atoms with van der Waals surface area (Å²) in [5.41, 5.74) is 4.56. The molecule has 0 saturated heterocycles. The van der Waals surface area contributed by atoms with Gasteiger partial charge in [0.25, 0.3) is 0 Å². The van der Waals surface area contributed by atoms with E-state index in [0.717, 1.165) is 24.3 Å². The maximum absolute atomic E-state index is 12.3. The van der Waals surface area contributed by atoms with Crippen LogP contribution in [0.4, 0.5) is 18.9 Å². The van der Waals surface area contributed by atoms with Gasteiger partial charge in [-0.3, -0.25) is 9.59 Å². The van der Waals surface area contributed by atoms with Crippen LogP contribution in [0.1, 0.15) is 12.0 Å². The molecule has 0 radical (unpaired) electrons. The van der Waals surface area contributed by atoms with Crippen molar-refractivity contribution in [3.8, 4) is 0 Å². The third-order valence-electron chi connectivity index (χ3n) is 2.21. The molecule has 4 N–H and O–H groups in total. The van der Waals surface area contributed by atoms with Crippen molar-refractivity contribution in [2.24, 2.45) is 5.73 Å². The fourth-order valence-corrected chi connectivity index (χ4v) is 1.26. The number of halogens is 3. The van der Waals surface area contributed by atoms with Gasteiger partial charge in [0.2, 0.25) is 5.91 Å². The number of hydrogen-bond donors (Lipinski definition) is 3. The number of amides is 1. The van der Waals surface area contributed by atoms with Gasteiger partial charge in [0.1, 0.15) is 0 Å². The first-order valence-corrected chi connectivity index (χ1v) is 5.15. The number of anilines is 1. The Labute approximate surface area is 106 Å². The average molecular weight is 276 g/mol. The Bertz CT molecular complexity index is 471. The molecule has 0 bridgehead atoms. The summed E-state index contributed by atoms with van der Waals surface area (Å²) in [6.07, 6.45) is -5.02. The molecule has 1 aromatic carbocycles. The van der Waals surface area contributed by atoms with E-state index in [-0.39, 0.29) is 5.69 Å². The van der Waals surface area contributed by atoms with Crippen LogP contribution >= 0.6 is 0 Å². The minimum absolute atomic E-state index is 0.110. The van der Waals surface area contributed by atoms with Gasteiger partial charge in [0.15, 0.2) is 0 Å². The van der Waals surface area contributed by atoms with Gasteiger partial charge in [-0.05, 0) is 24.3 Å². The number of rotatable bonds is 4. The van der Waals surface area contributed by atoms with E-state index in [4.69, 9.17) is 10.8 Å². The summed E-state index contributed by atoms with van der Waals surface area (Å²) in [7, 11) is 0. The summed E-state index contributed by atoms with van der Waals surface area (Å²) < 4.78 is 36.8. The molecular weight excluding hydrogens is 265 g/mol. The lowest BCUT2D eigenvalue weighted by atomic mass is 10.1. The SMILES string of the molecule is NC(CC(=O)O)C(=O)Nc1ccc(C(F)(F)F)cc1. The van der Waals surface area contributed by atoms with Crippen LogP contribution in [0, 0.1) is 0 Å². The Morgan fingerprint density at radius 1 is 1.26 bits per heavy atom. The Morgan fingerprint density at radius 2 is 1.79 bits per heavy atom.